The lowest BCUT2D eigenvalue weighted by Crippen LogP contribution is -2.35. The van der Waals surface area contributed by atoms with Crippen molar-refractivity contribution in [2.24, 2.45) is 11.3 Å². The number of rotatable bonds is 1. The summed E-state index contributed by atoms with van der Waals surface area (Å²) < 4.78 is 11.8. The molecule has 0 aromatic heterocycles. The average Bonchev–Trinajstić information content (AvgIpc) is 2.37. The molecule has 1 aromatic carbocycles. The van der Waals surface area contributed by atoms with Crippen LogP contribution in [0, 0.1) is 11.3 Å². The van der Waals surface area contributed by atoms with Gasteiger partial charge in [-0.15, -0.1) is 0 Å². The number of benzene rings is 1. The van der Waals surface area contributed by atoms with E-state index in [-0.39, 0.29) is 17.1 Å². The van der Waals surface area contributed by atoms with Gasteiger partial charge in [0.25, 0.3) is 0 Å². The van der Waals surface area contributed by atoms with E-state index in [9.17, 15) is 0 Å². The molecule has 0 spiro atoms. The Balaban J connectivity index is 2.01. The molecule has 20 heavy (non-hydrogen) atoms. The third-order valence-electron chi connectivity index (χ3n) is 4.17. The number of ether oxygens (including phenoxy) is 2. The van der Waals surface area contributed by atoms with Crippen LogP contribution in [0.3, 0.4) is 0 Å². The summed E-state index contributed by atoms with van der Waals surface area (Å²) in [6.07, 6.45) is -0.206. The van der Waals surface area contributed by atoms with Crippen molar-refractivity contribution in [2.45, 2.75) is 53.2 Å². The highest BCUT2D eigenvalue weighted by molar-refractivity contribution is 5.28. The van der Waals surface area contributed by atoms with Crippen molar-refractivity contribution in [2.75, 3.05) is 13.2 Å². The van der Waals surface area contributed by atoms with E-state index in [0.717, 1.165) is 18.8 Å². The van der Waals surface area contributed by atoms with Gasteiger partial charge in [0.05, 0.1) is 13.2 Å². The Morgan fingerprint density at radius 3 is 1.75 bits per heavy atom. The molecule has 0 unspecified atom stereocenters. The Hall–Kier alpha value is -0.860. The van der Waals surface area contributed by atoms with E-state index >= 15 is 0 Å². The zero-order valence-electron chi connectivity index (χ0n) is 13.7. The third-order valence-corrected chi connectivity index (χ3v) is 4.17. The fourth-order valence-corrected chi connectivity index (χ4v) is 2.34. The summed E-state index contributed by atoms with van der Waals surface area (Å²) in [5.74, 6) is 0.465. The lowest BCUT2D eigenvalue weighted by Gasteiger charge is -2.37. The highest BCUT2D eigenvalue weighted by Crippen LogP contribution is 2.34. The standard InChI is InChI=1S/C18H28O2/c1-17(2,3)14-9-7-13(8-10-14)16-19-11-15(12-20-16)18(4,5)6/h7-10,15-16H,11-12H2,1-6H3. The fraction of sp³-hybridized carbons (Fsp3) is 0.667. The molecule has 0 bridgehead atoms. The summed E-state index contributed by atoms with van der Waals surface area (Å²) in [6, 6.07) is 8.61. The summed E-state index contributed by atoms with van der Waals surface area (Å²) in [7, 11) is 0. The van der Waals surface area contributed by atoms with Gasteiger partial charge in [-0.3, -0.25) is 0 Å². The van der Waals surface area contributed by atoms with Gasteiger partial charge >= 0.3 is 0 Å². The van der Waals surface area contributed by atoms with Gasteiger partial charge in [-0.2, -0.15) is 0 Å². The molecule has 2 rings (SSSR count). The molecule has 1 fully saturated rings. The molecule has 0 aliphatic carbocycles. The van der Waals surface area contributed by atoms with Crippen LogP contribution in [-0.2, 0) is 14.9 Å². The molecule has 0 saturated carbocycles. The lowest BCUT2D eigenvalue weighted by molar-refractivity contribution is -0.219. The first-order valence-corrected chi connectivity index (χ1v) is 7.51. The predicted octanol–water partition coefficient (Wildman–Crippen LogP) is 4.69. The first kappa shape index (κ1) is 15.5. The maximum absolute atomic E-state index is 5.91. The summed E-state index contributed by atoms with van der Waals surface area (Å²) in [5, 5.41) is 0. The topological polar surface area (TPSA) is 18.5 Å². The minimum atomic E-state index is -0.206. The van der Waals surface area contributed by atoms with Gasteiger partial charge in [-0.1, -0.05) is 65.8 Å². The first-order valence-electron chi connectivity index (χ1n) is 7.51. The molecular formula is C18H28O2. The van der Waals surface area contributed by atoms with Crippen molar-refractivity contribution in [3.63, 3.8) is 0 Å². The zero-order chi connectivity index (χ0) is 15.0. The fourth-order valence-electron chi connectivity index (χ4n) is 2.34. The molecule has 1 aliphatic rings. The number of hydrogen-bond acceptors (Lipinski definition) is 2. The van der Waals surface area contributed by atoms with Crippen LogP contribution in [0.4, 0.5) is 0 Å². The minimum Gasteiger partial charge on any atom is -0.348 e. The minimum absolute atomic E-state index is 0.185. The van der Waals surface area contributed by atoms with Crippen LogP contribution in [0.2, 0.25) is 0 Å². The largest absolute Gasteiger partial charge is 0.348 e. The van der Waals surface area contributed by atoms with Gasteiger partial charge in [0.1, 0.15) is 0 Å². The molecule has 2 heteroatoms. The Bertz CT molecular complexity index is 426. The van der Waals surface area contributed by atoms with Crippen LogP contribution in [0.5, 0.6) is 0 Å². The third kappa shape index (κ3) is 3.62. The monoisotopic (exact) mass is 276 g/mol. The normalized spacial score (nSPS) is 24.7. The maximum atomic E-state index is 5.91. The van der Waals surface area contributed by atoms with Crippen LogP contribution in [-0.4, -0.2) is 13.2 Å². The summed E-state index contributed by atoms with van der Waals surface area (Å²) >= 11 is 0. The second kappa shape index (κ2) is 5.50. The van der Waals surface area contributed by atoms with Gasteiger partial charge in [0.2, 0.25) is 0 Å². The second-order valence-corrected chi connectivity index (χ2v) is 7.93. The van der Waals surface area contributed by atoms with E-state index in [1.807, 2.05) is 0 Å². The van der Waals surface area contributed by atoms with Crippen molar-refractivity contribution < 1.29 is 9.47 Å². The zero-order valence-corrected chi connectivity index (χ0v) is 13.7. The lowest BCUT2D eigenvalue weighted by atomic mass is 9.81. The van der Waals surface area contributed by atoms with Gasteiger partial charge in [-0.05, 0) is 16.4 Å². The molecule has 0 amide bonds. The van der Waals surface area contributed by atoms with Crippen LogP contribution < -0.4 is 0 Å². The molecular weight excluding hydrogens is 248 g/mol. The van der Waals surface area contributed by atoms with E-state index in [2.05, 4.69) is 65.8 Å². The van der Waals surface area contributed by atoms with E-state index in [0.29, 0.717) is 5.92 Å². The molecule has 1 aliphatic heterocycles. The molecule has 112 valence electrons. The average molecular weight is 276 g/mol. The van der Waals surface area contributed by atoms with Gasteiger partial charge in [-0.25, -0.2) is 0 Å². The van der Waals surface area contributed by atoms with Crippen molar-refractivity contribution in [3.8, 4) is 0 Å². The molecule has 1 saturated heterocycles. The molecule has 1 aromatic rings. The molecule has 0 N–H and O–H groups in total. The van der Waals surface area contributed by atoms with Crippen LogP contribution in [0.25, 0.3) is 0 Å². The summed E-state index contributed by atoms with van der Waals surface area (Å²) in [6.45, 7) is 14.9. The van der Waals surface area contributed by atoms with Crippen LogP contribution in [0.1, 0.15) is 59.0 Å². The highest BCUT2D eigenvalue weighted by atomic mass is 16.7. The van der Waals surface area contributed by atoms with Crippen molar-refractivity contribution in [1.29, 1.82) is 0 Å². The van der Waals surface area contributed by atoms with Crippen molar-refractivity contribution in [1.82, 2.24) is 0 Å². The van der Waals surface area contributed by atoms with Crippen LogP contribution in [0.15, 0.2) is 24.3 Å². The molecule has 0 radical (unpaired) electrons. The predicted molar refractivity (Wildman–Crippen MR) is 82.7 cm³/mol. The summed E-state index contributed by atoms with van der Waals surface area (Å²) in [4.78, 5) is 0. The molecule has 1 heterocycles. The Morgan fingerprint density at radius 1 is 0.850 bits per heavy atom. The smallest absolute Gasteiger partial charge is 0.183 e. The maximum Gasteiger partial charge on any atom is 0.183 e. The SMILES string of the molecule is CC(C)(C)c1ccc(C2OCC(C(C)(C)C)CO2)cc1. The first-order chi connectivity index (χ1) is 9.18. The molecule has 0 atom stereocenters. The van der Waals surface area contributed by atoms with Gasteiger partial charge in [0.15, 0.2) is 6.29 Å². The van der Waals surface area contributed by atoms with E-state index in [1.54, 1.807) is 0 Å². The Labute approximate surface area is 123 Å². The van der Waals surface area contributed by atoms with E-state index in [4.69, 9.17) is 9.47 Å². The van der Waals surface area contributed by atoms with Crippen molar-refractivity contribution in [3.05, 3.63) is 35.4 Å². The number of hydrogen-bond donors (Lipinski definition) is 0. The van der Waals surface area contributed by atoms with Gasteiger partial charge in [0, 0.05) is 11.5 Å². The highest BCUT2D eigenvalue weighted by Gasteiger charge is 2.31. The quantitative estimate of drug-likeness (QED) is 0.740. The Kier molecular flexibility index (Phi) is 4.27. The van der Waals surface area contributed by atoms with E-state index < -0.39 is 0 Å². The molecule has 2 nitrogen and oxygen atoms in total. The van der Waals surface area contributed by atoms with Crippen LogP contribution >= 0.6 is 0 Å². The van der Waals surface area contributed by atoms with Gasteiger partial charge < -0.3 is 9.47 Å². The van der Waals surface area contributed by atoms with E-state index in [1.165, 1.54) is 5.56 Å². The van der Waals surface area contributed by atoms with Crippen molar-refractivity contribution >= 4 is 0 Å². The summed E-state index contributed by atoms with van der Waals surface area (Å²) in [5.41, 5.74) is 2.88. The Morgan fingerprint density at radius 2 is 1.35 bits per heavy atom. The second-order valence-electron chi connectivity index (χ2n) is 7.93.